The van der Waals surface area contributed by atoms with E-state index in [1.54, 1.807) is 17.5 Å². The van der Waals surface area contributed by atoms with Gasteiger partial charge in [-0.25, -0.2) is 8.42 Å². The van der Waals surface area contributed by atoms with E-state index in [-0.39, 0.29) is 18.4 Å². The second kappa shape index (κ2) is 7.94. The van der Waals surface area contributed by atoms with Crippen LogP contribution in [0.15, 0.2) is 46.0 Å². The number of rotatable bonds is 7. The van der Waals surface area contributed by atoms with Gasteiger partial charge in [0.25, 0.3) is 0 Å². The molecule has 130 valence electrons. The largest absolute Gasteiger partial charge is 0.354 e. The van der Waals surface area contributed by atoms with E-state index in [1.807, 2.05) is 45.0 Å². The molecule has 0 radical (unpaired) electrons. The first-order chi connectivity index (χ1) is 11.3. The summed E-state index contributed by atoms with van der Waals surface area (Å²) in [6.45, 7) is 5.95. The number of carbonyl (C=O) groups is 1. The van der Waals surface area contributed by atoms with E-state index in [0.29, 0.717) is 16.2 Å². The fourth-order valence-electron chi connectivity index (χ4n) is 2.40. The van der Waals surface area contributed by atoms with Crippen LogP contribution < -0.4 is 5.32 Å². The van der Waals surface area contributed by atoms with E-state index in [2.05, 4.69) is 5.32 Å². The van der Waals surface area contributed by atoms with Crippen LogP contribution in [-0.2, 0) is 14.6 Å². The summed E-state index contributed by atoms with van der Waals surface area (Å²) in [6.07, 6.45) is 0.389. The highest BCUT2D eigenvalue weighted by atomic mass is 32.2. The third kappa shape index (κ3) is 4.68. The molecule has 1 N–H and O–H groups in total. The van der Waals surface area contributed by atoms with Gasteiger partial charge in [0.15, 0.2) is 9.84 Å². The monoisotopic (exact) mass is 365 g/mol. The average Bonchev–Trinajstić information content (AvgIpc) is 3.03. The second-order valence-electron chi connectivity index (χ2n) is 6.28. The number of hydrogen-bond donors (Lipinski definition) is 1. The van der Waals surface area contributed by atoms with E-state index in [9.17, 15) is 13.2 Å². The lowest BCUT2D eigenvalue weighted by Gasteiger charge is -2.18. The second-order valence-corrected chi connectivity index (χ2v) is 9.58. The van der Waals surface area contributed by atoms with Crippen molar-refractivity contribution in [3.63, 3.8) is 0 Å². The normalized spacial score (nSPS) is 13.0. The van der Waals surface area contributed by atoms with Crippen LogP contribution in [0.25, 0.3) is 0 Å². The average molecular weight is 366 g/mol. The van der Waals surface area contributed by atoms with E-state index >= 15 is 0 Å². The molecular weight excluding hydrogens is 342 g/mol. The third-order valence-corrected chi connectivity index (χ3v) is 7.21. The molecule has 2 aromatic rings. The topological polar surface area (TPSA) is 63.2 Å². The lowest BCUT2D eigenvalue weighted by molar-refractivity contribution is -0.121. The fraction of sp³-hybridized carbons (Fsp3) is 0.389. The molecular formula is C18H23NO3S2. The summed E-state index contributed by atoms with van der Waals surface area (Å²) < 4.78 is 26.3. The molecule has 0 fully saturated rings. The smallest absolute Gasteiger partial charge is 0.220 e. The summed E-state index contributed by atoms with van der Waals surface area (Å²) in [7, 11) is -3.54. The van der Waals surface area contributed by atoms with Crippen LogP contribution in [0.2, 0.25) is 0 Å². The Morgan fingerprint density at radius 2 is 1.83 bits per heavy atom. The first-order valence-corrected chi connectivity index (χ1v) is 10.3. The highest BCUT2D eigenvalue weighted by Crippen LogP contribution is 2.31. The van der Waals surface area contributed by atoms with Gasteiger partial charge in [0, 0.05) is 13.0 Å². The molecule has 0 aliphatic rings. The van der Waals surface area contributed by atoms with Crippen LogP contribution in [0.3, 0.4) is 0 Å². The van der Waals surface area contributed by atoms with Gasteiger partial charge in [-0.1, -0.05) is 49.7 Å². The predicted octanol–water partition coefficient (Wildman–Crippen LogP) is 3.73. The van der Waals surface area contributed by atoms with Crippen molar-refractivity contribution in [2.24, 2.45) is 5.92 Å². The number of sulfone groups is 1. The zero-order chi connectivity index (χ0) is 17.7. The van der Waals surface area contributed by atoms with Crippen LogP contribution in [0.1, 0.15) is 36.6 Å². The Kier molecular flexibility index (Phi) is 6.18. The molecule has 0 unspecified atom stereocenters. The van der Waals surface area contributed by atoms with Gasteiger partial charge >= 0.3 is 0 Å². The van der Waals surface area contributed by atoms with Crippen molar-refractivity contribution in [3.05, 3.63) is 52.9 Å². The van der Waals surface area contributed by atoms with Gasteiger partial charge in [-0.3, -0.25) is 4.79 Å². The van der Waals surface area contributed by atoms with Gasteiger partial charge in [-0.05, 0) is 29.9 Å². The molecule has 0 saturated carbocycles. The summed E-state index contributed by atoms with van der Waals surface area (Å²) in [5.41, 5.74) is 1.76. The Morgan fingerprint density at radius 3 is 2.38 bits per heavy atom. The standard InChI is InChI=1S/C18H23NO3S2/c1-13(2)11-17(20)19-12-16(15-8-6-14(3)7-9-15)24(21,22)18-5-4-10-23-18/h4-10,13,16H,11-12H2,1-3H3,(H,19,20)/t16-/m0/s1. The Labute approximate surface area is 147 Å². The van der Waals surface area contributed by atoms with Gasteiger partial charge in [-0.15, -0.1) is 11.3 Å². The Morgan fingerprint density at radius 1 is 1.17 bits per heavy atom. The van der Waals surface area contributed by atoms with Crippen LogP contribution in [0, 0.1) is 12.8 Å². The number of benzene rings is 1. The zero-order valence-corrected chi connectivity index (χ0v) is 15.8. The van der Waals surface area contributed by atoms with Crippen LogP contribution in [0.4, 0.5) is 0 Å². The molecule has 1 aromatic carbocycles. The predicted molar refractivity (Wildman–Crippen MR) is 97.9 cm³/mol. The van der Waals surface area contributed by atoms with Gasteiger partial charge < -0.3 is 5.32 Å². The maximum atomic E-state index is 13.0. The molecule has 1 amide bonds. The lowest BCUT2D eigenvalue weighted by Crippen LogP contribution is -2.32. The van der Waals surface area contributed by atoms with Crippen molar-refractivity contribution in [2.45, 2.75) is 36.7 Å². The van der Waals surface area contributed by atoms with Crippen molar-refractivity contribution < 1.29 is 13.2 Å². The Bertz CT molecular complexity index is 763. The van der Waals surface area contributed by atoms with Gasteiger partial charge in [0.2, 0.25) is 5.91 Å². The maximum Gasteiger partial charge on any atom is 0.220 e. The fourth-order valence-corrected chi connectivity index (χ4v) is 5.27. The van der Waals surface area contributed by atoms with Crippen molar-refractivity contribution >= 4 is 27.1 Å². The minimum Gasteiger partial charge on any atom is -0.354 e. The summed E-state index contributed by atoms with van der Waals surface area (Å²) in [4.78, 5) is 12.0. The Balaban J connectivity index is 2.28. The molecule has 1 heterocycles. The van der Waals surface area contributed by atoms with Crippen molar-refractivity contribution in [1.82, 2.24) is 5.32 Å². The van der Waals surface area contributed by atoms with Gasteiger partial charge in [-0.2, -0.15) is 0 Å². The molecule has 0 aliphatic carbocycles. The van der Waals surface area contributed by atoms with E-state index in [1.165, 1.54) is 11.3 Å². The van der Waals surface area contributed by atoms with E-state index < -0.39 is 15.1 Å². The number of thiophene rings is 1. The molecule has 0 spiro atoms. The highest BCUT2D eigenvalue weighted by Gasteiger charge is 2.30. The third-order valence-electron chi connectivity index (χ3n) is 3.68. The molecule has 24 heavy (non-hydrogen) atoms. The number of nitrogens with one attached hydrogen (secondary N) is 1. The summed E-state index contributed by atoms with van der Waals surface area (Å²) in [6, 6.07) is 10.8. The minimum atomic E-state index is -3.54. The van der Waals surface area contributed by atoms with Crippen molar-refractivity contribution in [3.8, 4) is 0 Å². The van der Waals surface area contributed by atoms with Crippen LogP contribution in [0.5, 0.6) is 0 Å². The summed E-state index contributed by atoms with van der Waals surface area (Å²) in [5, 5.41) is 3.74. The number of carbonyl (C=O) groups excluding carboxylic acids is 1. The zero-order valence-electron chi connectivity index (χ0n) is 14.2. The molecule has 6 heteroatoms. The lowest BCUT2D eigenvalue weighted by atomic mass is 10.1. The molecule has 2 rings (SSSR count). The summed E-state index contributed by atoms with van der Waals surface area (Å²) in [5.74, 6) is 0.111. The molecule has 0 aliphatic heterocycles. The number of aryl methyl sites for hydroxylation is 1. The first kappa shape index (κ1) is 18.7. The van der Waals surface area contributed by atoms with Crippen molar-refractivity contribution in [2.75, 3.05) is 6.54 Å². The van der Waals surface area contributed by atoms with Crippen LogP contribution >= 0.6 is 11.3 Å². The first-order valence-electron chi connectivity index (χ1n) is 7.91. The number of amides is 1. The van der Waals surface area contributed by atoms with Gasteiger partial charge in [0.1, 0.15) is 9.46 Å². The van der Waals surface area contributed by atoms with E-state index in [0.717, 1.165) is 5.56 Å². The highest BCUT2D eigenvalue weighted by molar-refractivity contribution is 7.93. The minimum absolute atomic E-state index is 0.0782. The molecule has 0 saturated heterocycles. The maximum absolute atomic E-state index is 13.0. The SMILES string of the molecule is Cc1ccc([C@H](CNC(=O)CC(C)C)S(=O)(=O)c2cccs2)cc1. The van der Waals surface area contributed by atoms with Crippen LogP contribution in [-0.4, -0.2) is 20.9 Å². The van der Waals surface area contributed by atoms with E-state index in [4.69, 9.17) is 0 Å². The molecule has 1 atom stereocenters. The molecule has 4 nitrogen and oxygen atoms in total. The quantitative estimate of drug-likeness (QED) is 0.813. The molecule has 1 aromatic heterocycles. The number of hydrogen-bond acceptors (Lipinski definition) is 4. The van der Waals surface area contributed by atoms with Gasteiger partial charge in [0.05, 0.1) is 0 Å². The summed E-state index contributed by atoms with van der Waals surface area (Å²) >= 11 is 1.20. The molecule has 0 bridgehead atoms. The van der Waals surface area contributed by atoms with Crippen molar-refractivity contribution in [1.29, 1.82) is 0 Å². The Hall–Kier alpha value is -1.66.